The molecule has 0 radical (unpaired) electrons. The molecule has 1 N–H and O–H groups in total. The Morgan fingerprint density at radius 2 is 1.86 bits per heavy atom. The van der Waals surface area contributed by atoms with Crippen molar-refractivity contribution in [1.29, 1.82) is 0 Å². The smallest absolute Gasteiger partial charge is 0.266 e. The lowest BCUT2D eigenvalue weighted by molar-refractivity contribution is -0.123. The number of hydrogen-bond acceptors (Lipinski definition) is 4. The van der Waals surface area contributed by atoms with Crippen LogP contribution in [0.5, 0.6) is 5.75 Å². The van der Waals surface area contributed by atoms with Crippen LogP contribution < -0.4 is 15.6 Å². The number of aryl methyl sites for hydroxylation is 2. The monoisotopic (exact) mass is 411 g/mol. The highest BCUT2D eigenvalue weighted by atomic mass is 35.5. The molecule has 0 fully saturated rings. The standard InChI is InChI=1S/C22H22ClN3O3/c1-15-3-9-20(16(2)13-15)29-14-21(27)24-11-12-26-22(28)10-8-19(25-26)17-4-6-18(23)7-5-17/h3-10,13H,11-12,14H2,1-2H3,(H,24,27). The Balaban J connectivity index is 1.54. The van der Waals surface area contributed by atoms with E-state index >= 15 is 0 Å². The van der Waals surface area contributed by atoms with Crippen LogP contribution in [0.15, 0.2) is 59.4 Å². The van der Waals surface area contributed by atoms with Gasteiger partial charge in [-0.15, -0.1) is 0 Å². The molecular weight excluding hydrogens is 390 g/mol. The molecule has 0 aliphatic heterocycles. The van der Waals surface area contributed by atoms with Gasteiger partial charge in [0.2, 0.25) is 0 Å². The van der Waals surface area contributed by atoms with Gasteiger partial charge in [0.25, 0.3) is 11.5 Å². The van der Waals surface area contributed by atoms with Gasteiger partial charge in [-0.25, -0.2) is 4.68 Å². The van der Waals surface area contributed by atoms with Crippen LogP contribution in [-0.4, -0.2) is 28.8 Å². The molecule has 0 unspecified atom stereocenters. The molecule has 0 spiro atoms. The largest absolute Gasteiger partial charge is 0.484 e. The van der Waals surface area contributed by atoms with Crippen LogP contribution in [0.2, 0.25) is 5.02 Å². The molecule has 0 saturated heterocycles. The molecule has 0 saturated carbocycles. The molecule has 0 atom stereocenters. The van der Waals surface area contributed by atoms with Gasteiger partial charge in [-0.2, -0.15) is 5.10 Å². The van der Waals surface area contributed by atoms with Crippen LogP contribution in [0, 0.1) is 13.8 Å². The molecule has 0 bridgehead atoms. The first-order chi connectivity index (χ1) is 13.9. The normalized spacial score (nSPS) is 10.6. The summed E-state index contributed by atoms with van der Waals surface area (Å²) in [6.07, 6.45) is 0. The van der Waals surface area contributed by atoms with Gasteiger partial charge in [-0.3, -0.25) is 9.59 Å². The molecule has 2 aromatic carbocycles. The summed E-state index contributed by atoms with van der Waals surface area (Å²) in [5, 5.41) is 7.74. The predicted octanol–water partition coefficient (Wildman–Crippen LogP) is 3.38. The van der Waals surface area contributed by atoms with Gasteiger partial charge in [-0.1, -0.05) is 41.4 Å². The Bertz CT molecular complexity index is 1060. The van der Waals surface area contributed by atoms with E-state index in [1.54, 1.807) is 18.2 Å². The van der Waals surface area contributed by atoms with Crippen LogP contribution in [0.1, 0.15) is 11.1 Å². The Labute approximate surface area is 174 Å². The minimum absolute atomic E-state index is 0.0863. The highest BCUT2D eigenvalue weighted by molar-refractivity contribution is 6.30. The van der Waals surface area contributed by atoms with E-state index in [1.807, 2.05) is 44.2 Å². The van der Waals surface area contributed by atoms with E-state index in [0.717, 1.165) is 16.7 Å². The number of aromatic nitrogens is 2. The van der Waals surface area contributed by atoms with Gasteiger partial charge < -0.3 is 10.1 Å². The summed E-state index contributed by atoms with van der Waals surface area (Å²) in [6.45, 7) is 4.38. The summed E-state index contributed by atoms with van der Waals surface area (Å²) in [6, 6.07) is 16.1. The fourth-order valence-corrected chi connectivity index (χ4v) is 2.97. The highest BCUT2D eigenvalue weighted by Crippen LogP contribution is 2.19. The number of amides is 1. The van der Waals surface area contributed by atoms with E-state index in [9.17, 15) is 9.59 Å². The van der Waals surface area contributed by atoms with E-state index in [-0.39, 0.29) is 31.2 Å². The number of hydrogen-bond donors (Lipinski definition) is 1. The second-order valence-corrected chi connectivity index (χ2v) is 7.13. The Kier molecular flexibility index (Phi) is 6.67. The molecular formula is C22H22ClN3O3. The van der Waals surface area contributed by atoms with Crippen molar-refractivity contribution < 1.29 is 9.53 Å². The molecule has 7 heteroatoms. The maximum absolute atomic E-state index is 12.1. The Morgan fingerprint density at radius 3 is 2.59 bits per heavy atom. The molecule has 150 valence electrons. The van der Waals surface area contributed by atoms with Crippen molar-refractivity contribution in [2.24, 2.45) is 0 Å². The van der Waals surface area contributed by atoms with Gasteiger partial charge in [0.15, 0.2) is 6.61 Å². The third kappa shape index (κ3) is 5.68. The number of benzene rings is 2. The average Bonchev–Trinajstić information content (AvgIpc) is 2.69. The van der Waals surface area contributed by atoms with Crippen molar-refractivity contribution in [2.75, 3.05) is 13.2 Å². The zero-order valence-corrected chi connectivity index (χ0v) is 17.1. The van der Waals surface area contributed by atoms with E-state index in [0.29, 0.717) is 16.5 Å². The molecule has 6 nitrogen and oxygen atoms in total. The number of ether oxygens (including phenoxy) is 1. The van der Waals surface area contributed by atoms with Gasteiger partial charge >= 0.3 is 0 Å². The number of halogens is 1. The fourth-order valence-electron chi connectivity index (χ4n) is 2.84. The SMILES string of the molecule is Cc1ccc(OCC(=O)NCCn2nc(-c3ccc(Cl)cc3)ccc2=O)c(C)c1. The fraction of sp³-hybridized carbons (Fsp3) is 0.227. The van der Waals surface area contributed by atoms with Crippen LogP contribution in [-0.2, 0) is 11.3 Å². The third-order valence-corrected chi connectivity index (χ3v) is 4.59. The van der Waals surface area contributed by atoms with Crippen molar-refractivity contribution in [3.05, 3.63) is 81.1 Å². The van der Waals surface area contributed by atoms with Gasteiger partial charge in [0.05, 0.1) is 12.2 Å². The quantitative estimate of drug-likeness (QED) is 0.646. The molecule has 0 aliphatic carbocycles. The van der Waals surface area contributed by atoms with E-state index in [1.165, 1.54) is 10.7 Å². The molecule has 1 heterocycles. The number of carbonyl (C=O) groups excluding carboxylic acids is 1. The van der Waals surface area contributed by atoms with Crippen molar-refractivity contribution in [1.82, 2.24) is 15.1 Å². The number of nitrogens with zero attached hydrogens (tertiary/aromatic N) is 2. The van der Waals surface area contributed by atoms with Crippen molar-refractivity contribution >= 4 is 17.5 Å². The third-order valence-electron chi connectivity index (χ3n) is 4.34. The first-order valence-corrected chi connectivity index (χ1v) is 9.61. The van der Waals surface area contributed by atoms with Gasteiger partial charge in [-0.05, 0) is 43.7 Å². The highest BCUT2D eigenvalue weighted by Gasteiger charge is 2.07. The predicted molar refractivity (Wildman–Crippen MR) is 113 cm³/mol. The first kappa shape index (κ1) is 20.6. The molecule has 1 amide bonds. The lowest BCUT2D eigenvalue weighted by atomic mass is 10.1. The summed E-state index contributed by atoms with van der Waals surface area (Å²) < 4.78 is 6.89. The zero-order chi connectivity index (χ0) is 20.8. The number of carbonyl (C=O) groups is 1. The maximum Gasteiger partial charge on any atom is 0.266 e. The maximum atomic E-state index is 12.1. The minimum Gasteiger partial charge on any atom is -0.484 e. The second kappa shape index (κ2) is 9.39. The minimum atomic E-state index is -0.258. The summed E-state index contributed by atoms with van der Waals surface area (Å²) in [5.41, 5.74) is 3.40. The zero-order valence-electron chi connectivity index (χ0n) is 16.3. The van der Waals surface area contributed by atoms with Gasteiger partial charge in [0.1, 0.15) is 5.75 Å². The number of rotatable bonds is 7. The van der Waals surface area contributed by atoms with Crippen molar-refractivity contribution in [3.63, 3.8) is 0 Å². The van der Waals surface area contributed by atoms with E-state index in [4.69, 9.17) is 16.3 Å². The van der Waals surface area contributed by atoms with Gasteiger partial charge in [0, 0.05) is 23.2 Å². The molecule has 3 aromatic rings. The first-order valence-electron chi connectivity index (χ1n) is 9.23. The summed E-state index contributed by atoms with van der Waals surface area (Å²) >= 11 is 5.91. The second-order valence-electron chi connectivity index (χ2n) is 6.69. The lowest BCUT2D eigenvalue weighted by Gasteiger charge is -2.11. The van der Waals surface area contributed by atoms with Crippen molar-refractivity contribution in [2.45, 2.75) is 20.4 Å². The molecule has 0 aliphatic rings. The summed E-state index contributed by atoms with van der Waals surface area (Å²) in [4.78, 5) is 24.1. The molecule has 29 heavy (non-hydrogen) atoms. The van der Waals surface area contributed by atoms with E-state index in [2.05, 4.69) is 10.4 Å². The summed E-state index contributed by atoms with van der Waals surface area (Å²) in [5.74, 6) is 0.422. The lowest BCUT2D eigenvalue weighted by Crippen LogP contribution is -2.34. The topological polar surface area (TPSA) is 73.2 Å². The average molecular weight is 412 g/mol. The van der Waals surface area contributed by atoms with Crippen molar-refractivity contribution in [3.8, 4) is 17.0 Å². The van der Waals surface area contributed by atoms with E-state index < -0.39 is 0 Å². The van der Waals surface area contributed by atoms with Crippen LogP contribution in [0.3, 0.4) is 0 Å². The van der Waals surface area contributed by atoms with Crippen LogP contribution in [0.25, 0.3) is 11.3 Å². The summed E-state index contributed by atoms with van der Waals surface area (Å²) in [7, 11) is 0. The van der Waals surface area contributed by atoms with Crippen LogP contribution in [0.4, 0.5) is 0 Å². The van der Waals surface area contributed by atoms with Crippen LogP contribution >= 0.6 is 11.6 Å². The Hall–Kier alpha value is -3.12. The molecule has 1 aromatic heterocycles. The Morgan fingerprint density at radius 1 is 1.10 bits per heavy atom. The number of nitrogens with one attached hydrogen (secondary N) is 1. The molecule has 3 rings (SSSR count).